The van der Waals surface area contributed by atoms with Crippen molar-refractivity contribution in [2.45, 2.75) is 19.3 Å². The van der Waals surface area contributed by atoms with Crippen LogP contribution in [0.4, 0.5) is 0 Å². The van der Waals surface area contributed by atoms with Crippen molar-refractivity contribution < 1.29 is 0 Å². The summed E-state index contributed by atoms with van der Waals surface area (Å²) in [6, 6.07) is 90.1. The van der Waals surface area contributed by atoms with Crippen LogP contribution in [0.3, 0.4) is 0 Å². The molecule has 0 heteroatoms. The molecule has 67 heavy (non-hydrogen) atoms. The zero-order valence-corrected chi connectivity index (χ0v) is 37.6. The Kier molecular flexibility index (Phi) is 8.98. The third-order valence-electron chi connectivity index (χ3n) is 14.6. The fourth-order valence-electron chi connectivity index (χ4n) is 11.5. The van der Waals surface area contributed by atoms with Crippen molar-refractivity contribution in [2.24, 2.45) is 0 Å². The van der Waals surface area contributed by atoms with Crippen molar-refractivity contribution in [2.75, 3.05) is 0 Å². The molecule has 0 atom stereocenters. The predicted molar refractivity (Wildman–Crippen MR) is 287 cm³/mol. The topological polar surface area (TPSA) is 0 Å². The van der Waals surface area contributed by atoms with E-state index in [2.05, 4.69) is 257 Å². The number of fused-ring (bicyclic) bond motifs is 7. The first-order valence-electron chi connectivity index (χ1n) is 23.5. The first kappa shape index (κ1) is 39.1. The van der Waals surface area contributed by atoms with Crippen molar-refractivity contribution in [3.05, 3.63) is 254 Å². The molecule has 12 aromatic rings. The van der Waals surface area contributed by atoms with E-state index in [1.165, 1.54) is 132 Å². The molecule has 0 unspecified atom stereocenters. The number of hydrogen-bond acceptors (Lipinski definition) is 0. The molecule has 0 fully saturated rings. The van der Waals surface area contributed by atoms with Crippen LogP contribution >= 0.6 is 0 Å². The normalized spacial score (nSPS) is 12.7. The Hall–Kier alpha value is -8.32. The van der Waals surface area contributed by atoms with Gasteiger partial charge in [0, 0.05) is 5.41 Å². The van der Waals surface area contributed by atoms with Crippen LogP contribution in [-0.2, 0) is 5.41 Å². The highest BCUT2D eigenvalue weighted by atomic mass is 14.4. The average Bonchev–Trinajstić information content (AvgIpc) is 3.62. The maximum Gasteiger partial charge on any atom is 0.0159 e. The summed E-state index contributed by atoms with van der Waals surface area (Å²) in [5, 5.41) is 10.2. The van der Waals surface area contributed by atoms with Gasteiger partial charge in [-0.2, -0.15) is 0 Å². The fourth-order valence-corrected chi connectivity index (χ4v) is 11.5. The maximum atomic E-state index is 2.46. The first-order chi connectivity index (χ1) is 33.0. The Morgan fingerprint density at radius 2 is 0.463 bits per heavy atom. The number of benzene rings is 12. The lowest BCUT2D eigenvalue weighted by atomic mass is 9.80. The summed E-state index contributed by atoms with van der Waals surface area (Å²) in [6.45, 7) is 4.80. The molecule has 0 bridgehead atoms. The highest BCUT2D eigenvalue weighted by molar-refractivity contribution is 6.23. The van der Waals surface area contributed by atoms with Gasteiger partial charge in [0.2, 0.25) is 0 Å². The quantitative estimate of drug-likeness (QED) is 0.146. The Morgan fingerprint density at radius 1 is 0.209 bits per heavy atom. The monoisotopic (exact) mass is 850 g/mol. The largest absolute Gasteiger partial charge is 0.0622 e. The van der Waals surface area contributed by atoms with Crippen molar-refractivity contribution in [3.8, 4) is 77.9 Å². The first-order valence-corrected chi connectivity index (χ1v) is 23.5. The molecule has 0 heterocycles. The highest BCUT2D eigenvalue weighted by Gasteiger charge is 2.36. The van der Waals surface area contributed by atoms with Gasteiger partial charge >= 0.3 is 0 Å². The molecule has 0 saturated heterocycles. The average molecular weight is 851 g/mol. The summed E-state index contributed by atoms with van der Waals surface area (Å²) >= 11 is 0. The SMILES string of the molecule is CC1(C)c2cc(-c3cccc(-c4c5ccccc5c(-c5ccccc5)c5ccccc45)c3)ccc2-c2ccc(-c3cccc(-c4c5ccccc5c(-c5ccccc5)c5ccccc45)c3)cc21. The van der Waals surface area contributed by atoms with Crippen LogP contribution in [0.25, 0.3) is 121 Å². The van der Waals surface area contributed by atoms with Crippen LogP contribution in [0.2, 0.25) is 0 Å². The van der Waals surface area contributed by atoms with E-state index in [0.717, 1.165) is 0 Å². The van der Waals surface area contributed by atoms with E-state index in [-0.39, 0.29) is 5.41 Å². The third-order valence-corrected chi connectivity index (χ3v) is 14.6. The molecule has 12 aromatic carbocycles. The molecular weight excluding hydrogens is 805 g/mol. The molecule has 1 aliphatic carbocycles. The summed E-state index contributed by atoms with van der Waals surface area (Å²) < 4.78 is 0. The molecule has 1 aliphatic rings. The third kappa shape index (κ3) is 6.21. The summed E-state index contributed by atoms with van der Waals surface area (Å²) in [5.74, 6) is 0. The molecule has 0 nitrogen and oxygen atoms in total. The fraction of sp³-hybridized carbons (Fsp3) is 0.0448. The van der Waals surface area contributed by atoms with Gasteiger partial charge in [-0.3, -0.25) is 0 Å². The predicted octanol–water partition coefficient (Wildman–Crippen LogP) is 18.6. The minimum Gasteiger partial charge on any atom is -0.0622 e. The van der Waals surface area contributed by atoms with Gasteiger partial charge in [-0.15, -0.1) is 0 Å². The molecular formula is C67H46. The van der Waals surface area contributed by atoms with Gasteiger partial charge in [-0.1, -0.05) is 232 Å². The zero-order chi connectivity index (χ0) is 44.6. The minimum atomic E-state index is -0.189. The molecule has 0 radical (unpaired) electrons. The standard InChI is InChI=1S/C67H46/c1-67(2)61-41-47(45-23-17-25-49(39-45)65-57-31-13-9-27-53(57)63(43-19-5-3-6-20-43)54-28-10-14-32-58(54)65)35-37-51(61)52-38-36-48(42-62(52)67)46-24-18-26-50(40-46)66-59-33-15-11-29-55(59)64(44-21-7-4-8-22-44)56-30-12-16-34-60(56)66/h3-42H,1-2H3. The van der Waals surface area contributed by atoms with Gasteiger partial charge in [0.05, 0.1) is 0 Å². The molecule has 0 aromatic heterocycles. The van der Waals surface area contributed by atoms with E-state index in [1.807, 2.05) is 0 Å². The van der Waals surface area contributed by atoms with Crippen LogP contribution in [0.1, 0.15) is 25.0 Å². The lowest BCUT2D eigenvalue weighted by molar-refractivity contribution is 0.661. The molecule has 0 saturated carbocycles. The van der Waals surface area contributed by atoms with Crippen LogP contribution in [0.5, 0.6) is 0 Å². The van der Waals surface area contributed by atoms with Crippen molar-refractivity contribution in [1.29, 1.82) is 0 Å². The van der Waals surface area contributed by atoms with Gasteiger partial charge in [-0.25, -0.2) is 0 Å². The van der Waals surface area contributed by atoms with Crippen molar-refractivity contribution >= 4 is 43.1 Å². The Balaban J connectivity index is 0.884. The van der Waals surface area contributed by atoms with Crippen LogP contribution in [-0.4, -0.2) is 0 Å². The van der Waals surface area contributed by atoms with Crippen LogP contribution < -0.4 is 0 Å². The van der Waals surface area contributed by atoms with Gasteiger partial charge in [0.25, 0.3) is 0 Å². The van der Waals surface area contributed by atoms with Crippen molar-refractivity contribution in [3.63, 3.8) is 0 Å². The highest BCUT2D eigenvalue weighted by Crippen LogP contribution is 2.52. The van der Waals surface area contributed by atoms with E-state index < -0.39 is 0 Å². The van der Waals surface area contributed by atoms with Crippen LogP contribution in [0.15, 0.2) is 243 Å². The van der Waals surface area contributed by atoms with E-state index in [0.29, 0.717) is 0 Å². The summed E-state index contributed by atoms with van der Waals surface area (Å²) in [6.07, 6.45) is 0. The molecule has 0 N–H and O–H groups in total. The molecule has 0 aliphatic heterocycles. The Bertz CT molecular complexity index is 3560. The van der Waals surface area contributed by atoms with Gasteiger partial charge in [0.15, 0.2) is 0 Å². The van der Waals surface area contributed by atoms with Crippen LogP contribution in [0, 0.1) is 0 Å². The second kappa shape index (κ2) is 15.4. The summed E-state index contributed by atoms with van der Waals surface area (Å²) in [4.78, 5) is 0. The lowest BCUT2D eigenvalue weighted by Gasteiger charge is -2.23. The second-order valence-corrected chi connectivity index (χ2v) is 18.7. The lowest BCUT2D eigenvalue weighted by Crippen LogP contribution is -2.15. The Labute approximate surface area is 392 Å². The zero-order valence-electron chi connectivity index (χ0n) is 37.6. The van der Waals surface area contributed by atoms with E-state index >= 15 is 0 Å². The second-order valence-electron chi connectivity index (χ2n) is 18.7. The van der Waals surface area contributed by atoms with Gasteiger partial charge < -0.3 is 0 Å². The van der Waals surface area contributed by atoms with Gasteiger partial charge in [-0.05, 0) is 156 Å². The van der Waals surface area contributed by atoms with E-state index in [9.17, 15) is 0 Å². The molecule has 13 rings (SSSR count). The smallest absolute Gasteiger partial charge is 0.0159 e. The molecule has 0 spiro atoms. The summed E-state index contributed by atoms with van der Waals surface area (Å²) in [5.41, 5.74) is 20.2. The van der Waals surface area contributed by atoms with Crippen molar-refractivity contribution in [1.82, 2.24) is 0 Å². The minimum absolute atomic E-state index is 0.189. The Morgan fingerprint density at radius 3 is 0.791 bits per heavy atom. The van der Waals surface area contributed by atoms with E-state index in [1.54, 1.807) is 0 Å². The van der Waals surface area contributed by atoms with Gasteiger partial charge in [0.1, 0.15) is 0 Å². The maximum absolute atomic E-state index is 2.46. The summed E-state index contributed by atoms with van der Waals surface area (Å²) in [7, 11) is 0. The number of hydrogen-bond donors (Lipinski definition) is 0. The number of rotatable bonds is 6. The molecule has 314 valence electrons. The van der Waals surface area contributed by atoms with E-state index in [4.69, 9.17) is 0 Å². The molecule has 0 amide bonds.